The highest BCUT2D eigenvalue weighted by Crippen LogP contribution is 2.31. The van der Waals surface area contributed by atoms with E-state index in [1.807, 2.05) is 18.7 Å². The Bertz CT molecular complexity index is 608. The van der Waals surface area contributed by atoms with E-state index in [2.05, 4.69) is 16.1 Å². The van der Waals surface area contributed by atoms with Crippen molar-refractivity contribution >= 4 is 0 Å². The van der Waals surface area contributed by atoms with Gasteiger partial charge in [-0.2, -0.15) is 13.2 Å². The van der Waals surface area contributed by atoms with Crippen LogP contribution in [0.4, 0.5) is 13.2 Å². The maximum atomic E-state index is 12.6. The minimum atomic E-state index is -4.34. The molecule has 0 aliphatic carbocycles. The van der Waals surface area contributed by atoms with E-state index in [0.717, 1.165) is 44.5 Å². The zero-order chi connectivity index (χ0) is 16.7. The van der Waals surface area contributed by atoms with E-state index in [-0.39, 0.29) is 5.75 Å². The van der Waals surface area contributed by atoms with Gasteiger partial charge in [0.25, 0.3) is 0 Å². The van der Waals surface area contributed by atoms with E-state index in [1.165, 1.54) is 6.07 Å². The molecule has 0 fully saturated rings. The van der Waals surface area contributed by atoms with Crippen molar-refractivity contribution in [1.82, 2.24) is 4.57 Å². The zero-order valence-electron chi connectivity index (χ0n) is 13.2. The number of unbranched alkanes of at least 4 members (excludes halogenated alkanes) is 1. The maximum Gasteiger partial charge on any atom is 0.416 e. The fourth-order valence-electron chi connectivity index (χ4n) is 2.24. The molecule has 0 atom stereocenters. The molecule has 0 aliphatic rings. The lowest BCUT2D eigenvalue weighted by Crippen LogP contribution is -2.31. The van der Waals surface area contributed by atoms with E-state index >= 15 is 0 Å². The van der Waals surface area contributed by atoms with Gasteiger partial charge in [0.05, 0.1) is 25.3 Å². The van der Waals surface area contributed by atoms with Crippen molar-refractivity contribution < 1.29 is 22.5 Å². The van der Waals surface area contributed by atoms with Crippen LogP contribution >= 0.6 is 0 Å². The second kappa shape index (κ2) is 8.04. The van der Waals surface area contributed by atoms with E-state index in [0.29, 0.717) is 6.61 Å². The number of rotatable bonds is 8. The molecule has 1 aromatic heterocycles. The van der Waals surface area contributed by atoms with Crippen molar-refractivity contribution in [1.29, 1.82) is 0 Å². The van der Waals surface area contributed by atoms with Crippen LogP contribution in [0.2, 0.25) is 0 Å². The van der Waals surface area contributed by atoms with Crippen LogP contribution in [0.15, 0.2) is 43.0 Å². The Balaban J connectivity index is 1.76. The fraction of sp³-hybridized carbons (Fsp3) is 0.471. The number of hydrogen-bond acceptors (Lipinski definition) is 1. The smallest absolute Gasteiger partial charge is 0.416 e. The molecule has 0 aliphatic heterocycles. The van der Waals surface area contributed by atoms with Crippen LogP contribution in [-0.4, -0.2) is 11.2 Å². The second-order valence-corrected chi connectivity index (χ2v) is 5.47. The Morgan fingerprint density at radius 1 is 1.22 bits per heavy atom. The molecule has 2 rings (SSSR count). The van der Waals surface area contributed by atoms with Gasteiger partial charge in [-0.1, -0.05) is 19.4 Å². The first kappa shape index (κ1) is 17.4. The SMILES string of the molecule is CCCCn1cc[n+](CCCOc2cccc(C(F)(F)F)c2)c1. The topological polar surface area (TPSA) is 18.0 Å². The monoisotopic (exact) mass is 327 g/mol. The number of aromatic nitrogens is 2. The first-order valence-electron chi connectivity index (χ1n) is 7.84. The fourth-order valence-corrected chi connectivity index (χ4v) is 2.24. The molecule has 3 nitrogen and oxygen atoms in total. The van der Waals surface area contributed by atoms with Crippen molar-refractivity contribution in [3.05, 3.63) is 48.5 Å². The first-order valence-corrected chi connectivity index (χ1v) is 7.84. The van der Waals surface area contributed by atoms with Crippen LogP contribution in [0.3, 0.4) is 0 Å². The summed E-state index contributed by atoms with van der Waals surface area (Å²) in [5, 5.41) is 0. The number of aryl methyl sites for hydroxylation is 2. The normalized spacial score (nSPS) is 11.7. The summed E-state index contributed by atoms with van der Waals surface area (Å²) in [6, 6.07) is 4.99. The minimum absolute atomic E-state index is 0.255. The van der Waals surface area contributed by atoms with Gasteiger partial charge in [0.15, 0.2) is 0 Å². The lowest BCUT2D eigenvalue weighted by Gasteiger charge is -2.09. The van der Waals surface area contributed by atoms with Gasteiger partial charge in [-0.25, -0.2) is 9.13 Å². The third kappa shape index (κ3) is 5.62. The molecule has 0 unspecified atom stereocenters. The minimum Gasteiger partial charge on any atom is -0.493 e. The van der Waals surface area contributed by atoms with E-state index in [9.17, 15) is 13.2 Å². The van der Waals surface area contributed by atoms with E-state index in [4.69, 9.17) is 4.74 Å². The molecule has 0 saturated carbocycles. The molecule has 2 aromatic rings. The average Bonchev–Trinajstić information content (AvgIpc) is 2.97. The Hall–Kier alpha value is -1.98. The molecule has 0 saturated heterocycles. The summed E-state index contributed by atoms with van der Waals surface area (Å²) in [5.41, 5.74) is -0.683. The summed E-state index contributed by atoms with van der Waals surface area (Å²) in [5.74, 6) is 0.255. The highest BCUT2D eigenvalue weighted by Gasteiger charge is 2.30. The summed E-state index contributed by atoms with van der Waals surface area (Å²) in [6.07, 6.45) is 4.77. The number of imidazole rings is 1. The van der Waals surface area contributed by atoms with Gasteiger partial charge >= 0.3 is 6.18 Å². The zero-order valence-corrected chi connectivity index (χ0v) is 13.2. The Morgan fingerprint density at radius 2 is 2.04 bits per heavy atom. The molecule has 0 spiro atoms. The van der Waals surface area contributed by atoms with Crippen LogP contribution < -0.4 is 9.30 Å². The van der Waals surface area contributed by atoms with Crippen LogP contribution in [0.25, 0.3) is 0 Å². The second-order valence-electron chi connectivity index (χ2n) is 5.47. The number of halogens is 3. The van der Waals surface area contributed by atoms with Gasteiger partial charge in [-0.05, 0) is 24.6 Å². The maximum absolute atomic E-state index is 12.6. The molecule has 126 valence electrons. The Morgan fingerprint density at radius 3 is 2.78 bits per heavy atom. The van der Waals surface area contributed by atoms with Crippen LogP contribution in [0, 0.1) is 0 Å². The average molecular weight is 327 g/mol. The molecule has 0 N–H and O–H groups in total. The summed E-state index contributed by atoms with van der Waals surface area (Å²) in [7, 11) is 0. The highest BCUT2D eigenvalue weighted by atomic mass is 19.4. The standard InChI is InChI=1S/C17H22F3N2O/c1-2-3-8-21-10-11-22(14-21)9-5-12-23-16-7-4-6-15(13-16)17(18,19)20/h4,6-7,10-11,13-14H,2-3,5,8-9,12H2,1H3/q+1. The summed E-state index contributed by atoms with van der Waals surface area (Å²) >= 11 is 0. The van der Waals surface area contributed by atoms with Gasteiger partial charge in [-0.3, -0.25) is 0 Å². The predicted octanol–water partition coefficient (Wildman–Crippen LogP) is 4.06. The molecular weight excluding hydrogens is 305 g/mol. The van der Waals surface area contributed by atoms with E-state index < -0.39 is 11.7 Å². The van der Waals surface area contributed by atoms with Crippen molar-refractivity contribution in [2.24, 2.45) is 0 Å². The molecule has 23 heavy (non-hydrogen) atoms. The molecular formula is C17H22F3N2O+. The Kier molecular flexibility index (Phi) is 6.07. The van der Waals surface area contributed by atoms with Crippen molar-refractivity contribution in [2.45, 2.75) is 45.5 Å². The summed E-state index contributed by atoms with van der Waals surface area (Å²) in [4.78, 5) is 0. The van der Waals surface area contributed by atoms with Gasteiger partial charge in [-0.15, -0.1) is 0 Å². The van der Waals surface area contributed by atoms with Gasteiger partial charge in [0, 0.05) is 6.42 Å². The third-order valence-corrected chi connectivity index (χ3v) is 3.51. The number of alkyl halides is 3. The molecule has 0 bridgehead atoms. The predicted molar refractivity (Wildman–Crippen MR) is 81.1 cm³/mol. The third-order valence-electron chi connectivity index (χ3n) is 3.51. The number of benzene rings is 1. The molecule has 1 aromatic carbocycles. The van der Waals surface area contributed by atoms with Crippen molar-refractivity contribution in [2.75, 3.05) is 6.61 Å². The largest absolute Gasteiger partial charge is 0.493 e. The first-order chi connectivity index (χ1) is 11.0. The quantitative estimate of drug-likeness (QED) is 0.528. The van der Waals surface area contributed by atoms with Gasteiger partial charge < -0.3 is 4.74 Å². The molecule has 1 heterocycles. The van der Waals surface area contributed by atoms with Gasteiger partial charge in [0.2, 0.25) is 6.33 Å². The summed E-state index contributed by atoms with van der Waals surface area (Å²) in [6.45, 7) is 4.32. The van der Waals surface area contributed by atoms with Crippen LogP contribution in [0.5, 0.6) is 5.75 Å². The van der Waals surface area contributed by atoms with Crippen molar-refractivity contribution in [3.8, 4) is 5.75 Å². The number of nitrogens with zero attached hydrogens (tertiary/aromatic N) is 2. The lowest BCUT2D eigenvalue weighted by atomic mass is 10.2. The van der Waals surface area contributed by atoms with Crippen LogP contribution in [0.1, 0.15) is 31.7 Å². The molecule has 0 amide bonds. The van der Waals surface area contributed by atoms with Gasteiger partial charge in [0.1, 0.15) is 18.1 Å². The molecule has 6 heteroatoms. The Labute approximate surface area is 134 Å². The summed E-state index contributed by atoms with van der Waals surface area (Å²) < 4.78 is 47.4. The lowest BCUT2D eigenvalue weighted by molar-refractivity contribution is -0.696. The molecule has 0 radical (unpaired) electrons. The van der Waals surface area contributed by atoms with Crippen LogP contribution in [-0.2, 0) is 19.3 Å². The highest BCUT2D eigenvalue weighted by molar-refractivity contribution is 5.30. The number of hydrogen-bond donors (Lipinski definition) is 0. The van der Waals surface area contributed by atoms with E-state index in [1.54, 1.807) is 6.07 Å². The number of ether oxygens (including phenoxy) is 1. The van der Waals surface area contributed by atoms with Crippen molar-refractivity contribution in [3.63, 3.8) is 0 Å².